The molecule has 0 aliphatic heterocycles. The molecule has 0 spiro atoms. The zero-order valence-electron chi connectivity index (χ0n) is 9.62. The third-order valence-electron chi connectivity index (χ3n) is 2.54. The molecule has 0 aromatic heterocycles. The third kappa shape index (κ3) is 4.80. The van der Waals surface area contributed by atoms with E-state index in [2.05, 4.69) is 65.0 Å². The molecule has 0 saturated carbocycles. The van der Waals surface area contributed by atoms with Gasteiger partial charge in [0.2, 0.25) is 0 Å². The molecule has 0 amide bonds. The average Bonchev–Trinajstić information content (AvgIpc) is 2.25. The zero-order chi connectivity index (χ0) is 11.1. The molecule has 1 rings (SSSR count). The second-order valence-corrected chi connectivity index (χ2v) is 4.89. The van der Waals surface area contributed by atoms with Crippen LogP contribution >= 0.6 is 15.9 Å². The summed E-state index contributed by atoms with van der Waals surface area (Å²) >= 11 is 3.49. The van der Waals surface area contributed by atoms with Gasteiger partial charge in [0.15, 0.2) is 0 Å². The second kappa shape index (κ2) is 7.02. The van der Waals surface area contributed by atoms with E-state index in [-0.39, 0.29) is 0 Å². The van der Waals surface area contributed by atoms with Gasteiger partial charge in [0.25, 0.3) is 0 Å². The first-order valence-corrected chi connectivity index (χ1v) is 6.70. The van der Waals surface area contributed by atoms with Crippen LogP contribution in [0.1, 0.15) is 25.8 Å². The minimum atomic E-state index is 0.615. The van der Waals surface area contributed by atoms with Crippen LogP contribution < -0.4 is 0 Å². The highest BCUT2D eigenvalue weighted by Gasteiger charge is 2.08. The third-order valence-corrected chi connectivity index (χ3v) is 3.10. The molecule has 0 N–H and O–H groups in total. The number of halogens is 1. The van der Waals surface area contributed by atoms with E-state index in [4.69, 9.17) is 0 Å². The van der Waals surface area contributed by atoms with E-state index in [1.807, 2.05) is 0 Å². The van der Waals surface area contributed by atoms with E-state index in [0.717, 1.165) is 18.4 Å². The molecular formula is C13H20BrN. The smallest absolute Gasteiger partial charge is 0.0236 e. The summed E-state index contributed by atoms with van der Waals surface area (Å²) in [5, 5.41) is 1.09. The number of benzene rings is 1. The molecule has 0 atom stereocenters. The molecule has 1 nitrogen and oxygen atoms in total. The predicted octanol–water partition coefficient (Wildman–Crippen LogP) is 3.68. The van der Waals surface area contributed by atoms with Crippen LogP contribution in [0.2, 0.25) is 0 Å². The average molecular weight is 270 g/mol. The SMILES string of the molecule is CC(C)N(CCCBr)Cc1ccccc1. The monoisotopic (exact) mass is 269 g/mol. The van der Waals surface area contributed by atoms with Gasteiger partial charge in [-0.2, -0.15) is 0 Å². The van der Waals surface area contributed by atoms with Crippen molar-refractivity contribution in [2.45, 2.75) is 32.9 Å². The molecule has 0 aliphatic carbocycles. The lowest BCUT2D eigenvalue weighted by atomic mass is 10.2. The van der Waals surface area contributed by atoms with Crippen molar-refractivity contribution in [2.24, 2.45) is 0 Å². The fourth-order valence-corrected chi connectivity index (χ4v) is 1.85. The van der Waals surface area contributed by atoms with E-state index in [9.17, 15) is 0 Å². The standard InChI is InChI=1S/C13H20BrN/c1-12(2)15(10-6-9-14)11-13-7-4-3-5-8-13/h3-5,7-8,12H,6,9-11H2,1-2H3. The van der Waals surface area contributed by atoms with Gasteiger partial charge in [-0.05, 0) is 32.4 Å². The van der Waals surface area contributed by atoms with E-state index < -0.39 is 0 Å². The van der Waals surface area contributed by atoms with Gasteiger partial charge in [0, 0.05) is 17.9 Å². The van der Waals surface area contributed by atoms with E-state index in [1.54, 1.807) is 0 Å². The van der Waals surface area contributed by atoms with Gasteiger partial charge in [-0.25, -0.2) is 0 Å². The molecule has 15 heavy (non-hydrogen) atoms. The largest absolute Gasteiger partial charge is 0.297 e. The molecule has 1 aromatic rings. The number of alkyl halides is 1. The highest BCUT2D eigenvalue weighted by atomic mass is 79.9. The van der Waals surface area contributed by atoms with E-state index in [0.29, 0.717) is 6.04 Å². The Kier molecular flexibility index (Phi) is 5.96. The summed E-state index contributed by atoms with van der Waals surface area (Å²) in [6.45, 7) is 6.75. The summed E-state index contributed by atoms with van der Waals surface area (Å²) in [7, 11) is 0. The summed E-state index contributed by atoms with van der Waals surface area (Å²) in [6.07, 6.45) is 1.21. The Labute approximate surface area is 102 Å². The van der Waals surface area contributed by atoms with Crippen LogP contribution in [0, 0.1) is 0 Å². The molecule has 0 fully saturated rings. The Morgan fingerprint density at radius 1 is 1.20 bits per heavy atom. The fraction of sp³-hybridized carbons (Fsp3) is 0.538. The van der Waals surface area contributed by atoms with Crippen molar-refractivity contribution in [3.05, 3.63) is 35.9 Å². The Morgan fingerprint density at radius 3 is 2.40 bits per heavy atom. The van der Waals surface area contributed by atoms with Gasteiger partial charge < -0.3 is 0 Å². The summed E-state index contributed by atoms with van der Waals surface area (Å²) in [5.41, 5.74) is 1.40. The first-order chi connectivity index (χ1) is 7.24. The lowest BCUT2D eigenvalue weighted by Crippen LogP contribution is -2.31. The van der Waals surface area contributed by atoms with Crippen LogP contribution in [-0.2, 0) is 6.54 Å². The molecule has 0 bridgehead atoms. The Bertz CT molecular complexity index is 258. The minimum absolute atomic E-state index is 0.615. The van der Waals surface area contributed by atoms with E-state index in [1.165, 1.54) is 12.0 Å². The minimum Gasteiger partial charge on any atom is -0.297 e. The summed E-state index contributed by atoms with van der Waals surface area (Å²) in [6, 6.07) is 11.3. The molecule has 0 aliphatic rings. The molecule has 0 heterocycles. The number of nitrogens with zero attached hydrogens (tertiary/aromatic N) is 1. The van der Waals surface area contributed by atoms with Gasteiger partial charge in [-0.3, -0.25) is 4.90 Å². The molecule has 0 saturated heterocycles. The topological polar surface area (TPSA) is 3.24 Å². The van der Waals surface area contributed by atoms with Crippen LogP contribution in [0.3, 0.4) is 0 Å². The molecule has 2 heteroatoms. The number of hydrogen-bond donors (Lipinski definition) is 0. The second-order valence-electron chi connectivity index (χ2n) is 4.09. The van der Waals surface area contributed by atoms with Gasteiger partial charge >= 0.3 is 0 Å². The predicted molar refractivity (Wildman–Crippen MR) is 70.4 cm³/mol. The normalized spacial score (nSPS) is 11.3. The molecule has 1 aromatic carbocycles. The lowest BCUT2D eigenvalue weighted by Gasteiger charge is -2.26. The van der Waals surface area contributed by atoms with Crippen molar-refractivity contribution in [2.75, 3.05) is 11.9 Å². The molecule has 0 unspecified atom stereocenters. The Hall–Kier alpha value is -0.340. The van der Waals surface area contributed by atoms with Crippen molar-refractivity contribution in [3.63, 3.8) is 0 Å². The van der Waals surface area contributed by atoms with Gasteiger partial charge in [-0.15, -0.1) is 0 Å². The van der Waals surface area contributed by atoms with Crippen LogP contribution in [0.5, 0.6) is 0 Å². The van der Waals surface area contributed by atoms with Crippen molar-refractivity contribution < 1.29 is 0 Å². The van der Waals surface area contributed by atoms with Crippen LogP contribution in [0.25, 0.3) is 0 Å². The number of hydrogen-bond acceptors (Lipinski definition) is 1. The van der Waals surface area contributed by atoms with E-state index >= 15 is 0 Å². The summed E-state index contributed by atoms with van der Waals surface area (Å²) in [5.74, 6) is 0. The highest BCUT2D eigenvalue weighted by molar-refractivity contribution is 9.09. The van der Waals surface area contributed by atoms with Crippen molar-refractivity contribution in [3.8, 4) is 0 Å². The molecule has 0 radical (unpaired) electrons. The maximum absolute atomic E-state index is 3.49. The van der Waals surface area contributed by atoms with Crippen molar-refractivity contribution in [1.29, 1.82) is 0 Å². The maximum atomic E-state index is 3.49. The summed E-state index contributed by atoms with van der Waals surface area (Å²) in [4.78, 5) is 2.51. The Morgan fingerprint density at radius 2 is 1.87 bits per heavy atom. The zero-order valence-corrected chi connectivity index (χ0v) is 11.2. The van der Waals surface area contributed by atoms with Crippen LogP contribution in [0.15, 0.2) is 30.3 Å². The van der Waals surface area contributed by atoms with Crippen LogP contribution in [0.4, 0.5) is 0 Å². The van der Waals surface area contributed by atoms with Gasteiger partial charge in [0.1, 0.15) is 0 Å². The van der Waals surface area contributed by atoms with Gasteiger partial charge in [-0.1, -0.05) is 46.3 Å². The lowest BCUT2D eigenvalue weighted by molar-refractivity contribution is 0.214. The van der Waals surface area contributed by atoms with Crippen molar-refractivity contribution in [1.82, 2.24) is 4.90 Å². The maximum Gasteiger partial charge on any atom is 0.0236 e. The molecular weight excluding hydrogens is 250 g/mol. The summed E-state index contributed by atoms with van der Waals surface area (Å²) < 4.78 is 0. The van der Waals surface area contributed by atoms with Crippen LogP contribution in [-0.4, -0.2) is 22.8 Å². The molecule has 84 valence electrons. The number of rotatable bonds is 6. The van der Waals surface area contributed by atoms with Crippen molar-refractivity contribution >= 4 is 15.9 Å². The fourth-order valence-electron chi connectivity index (χ4n) is 1.60. The van der Waals surface area contributed by atoms with Gasteiger partial charge in [0.05, 0.1) is 0 Å². The first-order valence-electron chi connectivity index (χ1n) is 5.58. The first kappa shape index (κ1) is 12.7. The quantitative estimate of drug-likeness (QED) is 0.713. The highest BCUT2D eigenvalue weighted by Crippen LogP contribution is 2.09. The Balaban J connectivity index is 2.51.